The van der Waals surface area contributed by atoms with E-state index in [1.807, 2.05) is 24.8 Å². The highest BCUT2D eigenvalue weighted by Crippen LogP contribution is 2.13. The van der Waals surface area contributed by atoms with Crippen molar-refractivity contribution in [1.29, 1.82) is 0 Å². The summed E-state index contributed by atoms with van der Waals surface area (Å²) in [6.45, 7) is 2.73. The second-order valence-electron chi connectivity index (χ2n) is 5.34. The zero-order valence-electron chi connectivity index (χ0n) is 12.5. The Morgan fingerprint density at radius 2 is 0.955 bits per heavy atom. The number of rotatable bonds is 6. The fourth-order valence-electron chi connectivity index (χ4n) is 2.50. The molecule has 0 atom stereocenters. The van der Waals surface area contributed by atoms with Crippen LogP contribution in [0.25, 0.3) is 0 Å². The van der Waals surface area contributed by atoms with Gasteiger partial charge < -0.3 is 0 Å². The van der Waals surface area contributed by atoms with E-state index in [1.54, 1.807) is 0 Å². The van der Waals surface area contributed by atoms with Crippen molar-refractivity contribution in [2.45, 2.75) is 19.6 Å². The third kappa shape index (κ3) is 4.24. The van der Waals surface area contributed by atoms with E-state index in [2.05, 4.69) is 69.5 Å². The van der Waals surface area contributed by atoms with Crippen LogP contribution in [-0.2, 0) is 19.6 Å². The summed E-state index contributed by atoms with van der Waals surface area (Å²) >= 11 is 0. The SMILES string of the molecule is c1ccc(CN(Cc2ccncc2)Cc2ccncc2)cc1. The van der Waals surface area contributed by atoms with E-state index in [1.165, 1.54) is 16.7 Å². The van der Waals surface area contributed by atoms with E-state index in [4.69, 9.17) is 0 Å². The summed E-state index contributed by atoms with van der Waals surface area (Å²) in [6, 6.07) is 18.9. The van der Waals surface area contributed by atoms with E-state index < -0.39 is 0 Å². The lowest BCUT2D eigenvalue weighted by Crippen LogP contribution is -2.22. The Morgan fingerprint density at radius 1 is 0.545 bits per heavy atom. The van der Waals surface area contributed by atoms with Crippen LogP contribution in [0.3, 0.4) is 0 Å². The van der Waals surface area contributed by atoms with Gasteiger partial charge in [0, 0.05) is 44.4 Å². The minimum atomic E-state index is 0.903. The van der Waals surface area contributed by atoms with Crippen molar-refractivity contribution in [3.63, 3.8) is 0 Å². The molecule has 2 heterocycles. The molecular formula is C19H19N3. The molecule has 0 radical (unpaired) electrons. The van der Waals surface area contributed by atoms with Crippen LogP contribution in [0.4, 0.5) is 0 Å². The van der Waals surface area contributed by atoms with Gasteiger partial charge in [0.1, 0.15) is 0 Å². The predicted octanol–water partition coefficient (Wildman–Crippen LogP) is 3.68. The molecule has 3 nitrogen and oxygen atoms in total. The Bertz CT molecular complexity index is 570. The van der Waals surface area contributed by atoms with Crippen molar-refractivity contribution >= 4 is 0 Å². The predicted molar refractivity (Wildman–Crippen MR) is 87.9 cm³/mol. The van der Waals surface area contributed by atoms with Gasteiger partial charge in [-0.25, -0.2) is 0 Å². The first kappa shape index (κ1) is 14.4. The molecule has 22 heavy (non-hydrogen) atoms. The van der Waals surface area contributed by atoms with Crippen molar-refractivity contribution in [2.24, 2.45) is 0 Å². The molecule has 1 aromatic carbocycles. The number of nitrogens with zero attached hydrogens (tertiary/aromatic N) is 3. The lowest BCUT2D eigenvalue weighted by molar-refractivity contribution is 0.247. The molecule has 3 rings (SSSR count). The van der Waals surface area contributed by atoms with E-state index in [0.717, 1.165) is 19.6 Å². The van der Waals surface area contributed by atoms with Crippen LogP contribution in [-0.4, -0.2) is 14.9 Å². The van der Waals surface area contributed by atoms with Crippen LogP contribution in [0.2, 0.25) is 0 Å². The summed E-state index contributed by atoms with van der Waals surface area (Å²) in [5.74, 6) is 0. The molecule has 3 heteroatoms. The molecule has 0 spiro atoms. The summed E-state index contributed by atoms with van der Waals surface area (Å²) in [5.41, 5.74) is 3.88. The van der Waals surface area contributed by atoms with Crippen LogP contribution in [0.15, 0.2) is 79.4 Å². The Balaban J connectivity index is 1.75. The van der Waals surface area contributed by atoms with Crippen LogP contribution in [0.1, 0.15) is 16.7 Å². The summed E-state index contributed by atoms with van der Waals surface area (Å²) in [4.78, 5) is 10.6. The monoisotopic (exact) mass is 289 g/mol. The maximum atomic E-state index is 4.09. The van der Waals surface area contributed by atoms with Gasteiger partial charge in [-0.3, -0.25) is 14.9 Å². The summed E-state index contributed by atoms with van der Waals surface area (Å²) in [7, 11) is 0. The van der Waals surface area contributed by atoms with Gasteiger partial charge in [-0.05, 0) is 41.0 Å². The lowest BCUT2D eigenvalue weighted by atomic mass is 10.1. The minimum absolute atomic E-state index is 0.903. The fraction of sp³-hybridized carbons (Fsp3) is 0.158. The van der Waals surface area contributed by atoms with Gasteiger partial charge in [0.15, 0.2) is 0 Å². The first-order valence-electron chi connectivity index (χ1n) is 7.44. The second-order valence-corrected chi connectivity index (χ2v) is 5.34. The Kier molecular flexibility index (Phi) is 4.90. The molecule has 0 unspecified atom stereocenters. The maximum Gasteiger partial charge on any atom is 0.0271 e. The van der Waals surface area contributed by atoms with E-state index >= 15 is 0 Å². The smallest absolute Gasteiger partial charge is 0.0271 e. The van der Waals surface area contributed by atoms with E-state index in [-0.39, 0.29) is 0 Å². The van der Waals surface area contributed by atoms with Crippen molar-refractivity contribution in [2.75, 3.05) is 0 Å². The average Bonchev–Trinajstić information content (AvgIpc) is 2.57. The van der Waals surface area contributed by atoms with Gasteiger partial charge >= 0.3 is 0 Å². The highest BCUT2D eigenvalue weighted by Gasteiger charge is 2.08. The Morgan fingerprint density at radius 3 is 1.41 bits per heavy atom. The molecule has 0 saturated heterocycles. The summed E-state index contributed by atoms with van der Waals surface area (Å²) < 4.78 is 0. The van der Waals surface area contributed by atoms with Crippen LogP contribution in [0.5, 0.6) is 0 Å². The zero-order chi connectivity index (χ0) is 15.0. The van der Waals surface area contributed by atoms with Crippen LogP contribution < -0.4 is 0 Å². The molecule has 0 bridgehead atoms. The highest BCUT2D eigenvalue weighted by molar-refractivity contribution is 5.17. The Labute approximate surface area is 131 Å². The summed E-state index contributed by atoms with van der Waals surface area (Å²) in [5, 5.41) is 0. The minimum Gasteiger partial charge on any atom is -0.291 e. The molecule has 0 aliphatic heterocycles. The molecule has 0 aliphatic carbocycles. The van der Waals surface area contributed by atoms with Crippen LogP contribution >= 0.6 is 0 Å². The maximum absolute atomic E-state index is 4.09. The van der Waals surface area contributed by atoms with E-state index in [0.29, 0.717) is 0 Å². The van der Waals surface area contributed by atoms with Gasteiger partial charge in [0.2, 0.25) is 0 Å². The molecule has 0 amide bonds. The van der Waals surface area contributed by atoms with Gasteiger partial charge in [0.05, 0.1) is 0 Å². The van der Waals surface area contributed by atoms with Crippen molar-refractivity contribution < 1.29 is 0 Å². The molecule has 0 saturated carbocycles. The third-order valence-electron chi connectivity index (χ3n) is 3.56. The van der Waals surface area contributed by atoms with E-state index in [9.17, 15) is 0 Å². The van der Waals surface area contributed by atoms with Gasteiger partial charge in [-0.2, -0.15) is 0 Å². The van der Waals surface area contributed by atoms with Gasteiger partial charge in [-0.1, -0.05) is 30.3 Å². The number of hydrogen-bond acceptors (Lipinski definition) is 3. The fourth-order valence-corrected chi connectivity index (χ4v) is 2.50. The molecular weight excluding hydrogens is 270 g/mol. The van der Waals surface area contributed by atoms with Crippen molar-refractivity contribution in [1.82, 2.24) is 14.9 Å². The molecule has 2 aromatic heterocycles. The standard InChI is InChI=1S/C19H19N3/c1-2-4-17(5-3-1)14-22(15-18-6-10-20-11-7-18)16-19-8-12-21-13-9-19/h1-13H,14-16H2. The topological polar surface area (TPSA) is 29.0 Å². The van der Waals surface area contributed by atoms with Crippen LogP contribution in [0, 0.1) is 0 Å². The number of benzene rings is 1. The zero-order valence-corrected chi connectivity index (χ0v) is 12.5. The summed E-state index contributed by atoms with van der Waals surface area (Å²) in [6.07, 6.45) is 7.40. The number of pyridine rings is 2. The van der Waals surface area contributed by atoms with Gasteiger partial charge in [0.25, 0.3) is 0 Å². The first-order chi connectivity index (χ1) is 10.9. The van der Waals surface area contributed by atoms with Crippen molar-refractivity contribution in [3.8, 4) is 0 Å². The Hall–Kier alpha value is -2.52. The number of aromatic nitrogens is 2. The second kappa shape index (κ2) is 7.48. The highest BCUT2D eigenvalue weighted by atomic mass is 15.1. The largest absolute Gasteiger partial charge is 0.291 e. The first-order valence-corrected chi connectivity index (χ1v) is 7.44. The molecule has 0 aliphatic rings. The average molecular weight is 289 g/mol. The van der Waals surface area contributed by atoms with Gasteiger partial charge in [-0.15, -0.1) is 0 Å². The third-order valence-corrected chi connectivity index (χ3v) is 3.56. The lowest BCUT2D eigenvalue weighted by Gasteiger charge is -2.22. The molecule has 3 aromatic rings. The molecule has 110 valence electrons. The normalized spacial score (nSPS) is 10.8. The molecule has 0 fully saturated rings. The number of hydrogen-bond donors (Lipinski definition) is 0. The molecule has 0 N–H and O–H groups in total. The van der Waals surface area contributed by atoms with Crippen molar-refractivity contribution in [3.05, 3.63) is 96.1 Å². The quantitative estimate of drug-likeness (QED) is 0.693.